The number of hydrogen-bond donors (Lipinski definition) is 1. The Balaban J connectivity index is 2.43. The summed E-state index contributed by atoms with van der Waals surface area (Å²) in [5.41, 5.74) is 5.23. The predicted molar refractivity (Wildman–Crippen MR) is 53.2 cm³/mol. The maximum atomic E-state index is 10.9. The number of nitrogens with two attached hydrogens (primary N) is 1. The van der Waals surface area contributed by atoms with Crippen molar-refractivity contribution in [3.05, 3.63) is 0 Å². The highest BCUT2D eigenvalue weighted by Gasteiger charge is 2.26. The summed E-state index contributed by atoms with van der Waals surface area (Å²) in [7, 11) is 0. The van der Waals surface area contributed by atoms with Crippen LogP contribution in [0, 0.1) is 17.2 Å². The van der Waals surface area contributed by atoms with Gasteiger partial charge >= 0.3 is 0 Å². The first-order valence-corrected chi connectivity index (χ1v) is 5.12. The molecule has 0 aromatic rings. The highest BCUT2D eigenvalue weighted by molar-refractivity contribution is 5.76. The van der Waals surface area contributed by atoms with Gasteiger partial charge < -0.3 is 5.73 Å². The molecule has 0 aromatic carbocycles. The van der Waals surface area contributed by atoms with Crippen LogP contribution in [0.4, 0.5) is 0 Å². The Bertz CT molecular complexity index is 238. The molecule has 0 saturated carbocycles. The second-order valence-electron chi connectivity index (χ2n) is 3.77. The number of amides is 1. The van der Waals surface area contributed by atoms with Gasteiger partial charge in [0.05, 0.1) is 12.1 Å². The summed E-state index contributed by atoms with van der Waals surface area (Å²) in [5, 5.41) is 8.87. The van der Waals surface area contributed by atoms with Gasteiger partial charge in [0.25, 0.3) is 0 Å². The van der Waals surface area contributed by atoms with Crippen molar-refractivity contribution in [1.29, 1.82) is 5.26 Å². The summed E-state index contributed by atoms with van der Waals surface area (Å²) >= 11 is 0. The van der Waals surface area contributed by atoms with Crippen molar-refractivity contribution in [1.82, 2.24) is 4.90 Å². The van der Waals surface area contributed by atoms with Crippen molar-refractivity contribution < 1.29 is 4.79 Å². The molecule has 1 heterocycles. The smallest absolute Gasteiger partial charge is 0.220 e. The Labute approximate surface area is 84.7 Å². The molecule has 0 bridgehead atoms. The monoisotopic (exact) mass is 195 g/mol. The molecule has 1 rings (SSSR count). The number of likely N-dealkylation sites (tertiary alicyclic amines) is 1. The number of hydrogen-bond acceptors (Lipinski definition) is 3. The number of carbonyl (C=O) groups is 1. The first kappa shape index (κ1) is 11.0. The van der Waals surface area contributed by atoms with E-state index in [1.54, 1.807) is 0 Å². The topological polar surface area (TPSA) is 70.1 Å². The Hall–Kier alpha value is -1.08. The number of carbonyl (C=O) groups excluding carboxylic acids is 1. The molecule has 1 atom stereocenters. The van der Waals surface area contributed by atoms with Crippen LogP contribution in [0.25, 0.3) is 0 Å². The van der Waals surface area contributed by atoms with Crippen LogP contribution < -0.4 is 5.73 Å². The van der Waals surface area contributed by atoms with Crippen molar-refractivity contribution in [2.45, 2.75) is 32.2 Å². The molecule has 0 aliphatic carbocycles. The van der Waals surface area contributed by atoms with Crippen molar-refractivity contribution in [2.24, 2.45) is 11.7 Å². The van der Waals surface area contributed by atoms with Crippen LogP contribution >= 0.6 is 0 Å². The van der Waals surface area contributed by atoms with Crippen molar-refractivity contribution in [2.75, 3.05) is 13.1 Å². The third-order valence-corrected chi connectivity index (χ3v) is 2.91. The summed E-state index contributed by atoms with van der Waals surface area (Å²) in [5.74, 6) is -0.183. The molecule has 4 heteroatoms. The fraction of sp³-hybridized carbons (Fsp3) is 0.800. The minimum atomic E-state index is -0.199. The van der Waals surface area contributed by atoms with E-state index in [0.717, 1.165) is 32.4 Å². The summed E-state index contributed by atoms with van der Waals surface area (Å²) in [6.07, 6.45) is 2.44. The largest absolute Gasteiger partial charge is 0.369 e. The van der Waals surface area contributed by atoms with Gasteiger partial charge in [-0.05, 0) is 19.3 Å². The highest BCUT2D eigenvalue weighted by Crippen LogP contribution is 2.19. The van der Waals surface area contributed by atoms with E-state index in [-0.39, 0.29) is 17.9 Å². The molecule has 1 aliphatic rings. The van der Waals surface area contributed by atoms with E-state index < -0.39 is 0 Å². The summed E-state index contributed by atoms with van der Waals surface area (Å²) < 4.78 is 0. The van der Waals surface area contributed by atoms with Crippen LogP contribution in [0.3, 0.4) is 0 Å². The molecule has 1 saturated heterocycles. The molecule has 0 aromatic heterocycles. The average molecular weight is 195 g/mol. The van der Waals surface area contributed by atoms with Gasteiger partial charge in [-0.1, -0.05) is 6.92 Å². The molecule has 4 nitrogen and oxygen atoms in total. The van der Waals surface area contributed by atoms with E-state index in [2.05, 4.69) is 11.0 Å². The molecule has 0 spiro atoms. The van der Waals surface area contributed by atoms with E-state index in [1.807, 2.05) is 6.92 Å². The minimum absolute atomic E-state index is 0.00354. The highest BCUT2D eigenvalue weighted by atomic mass is 16.1. The van der Waals surface area contributed by atoms with Gasteiger partial charge in [0.15, 0.2) is 0 Å². The molecule has 0 radical (unpaired) electrons. The van der Waals surface area contributed by atoms with Crippen LogP contribution in [0.2, 0.25) is 0 Å². The SMILES string of the molecule is CC[C@H](C#N)N1CCC(C(N)=O)CC1. The van der Waals surface area contributed by atoms with E-state index in [1.165, 1.54) is 0 Å². The van der Waals surface area contributed by atoms with Gasteiger partial charge in [0, 0.05) is 19.0 Å². The summed E-state index contributed by atoms with van der Waals surface area (Å²) in [6.45, 7) is 3.65. The van der Waals surface area contributed by atoms with Gasteiger partial charge in [0.1, 0.15) is 0 Å². The summed E-state index contributed by atoms with van der Waals surface area (Å²) in [6, 6.07) is 2.28. The quantitative estimate of drug-likeness (QED) is 0.712. The lowest BCUT2D eigenvalue weighted by molar-refractivity contribution is -0.123. The predicted octanol–water partition coefficient (Wildman–Crippen LogP) is 0.486. The van der Waals surface area contributed by atoms with E-state index in [0.29, 0.717) is 0 Å². The maximum absolute atomic E-state index is 10.9. The van der Waals surface area contributed by atoms with Crippen molar-refractivity contribution in [3.63, 3.8) is 0 Å². The first-order valence-electron chi connectivity index (χ1n) is 5.12. The van der Waals surface area contributed by atoms with Crippen LogP contribution in [0.5, 0.6) is 0 Å². The van der Waals surface area contributed by atoms with Gasteiger partial charge in [-0.25, -0.2) is 0 Å². The Kier molecular flexibility index (Phi) is 3.90. The number of primary amides is 1. The van der Waals surface area contributed by atoms with Crippen LogP contribution in [-0.4, -0.2) is 29.9 Å². The zero-order valence-corrected chi connectivity index (χ0v) is 8.57. The molecule has 1 fully saturated rings. The molecule has 14 heavy (non-hydrogen) atoms. The summed E-state index contributed by atoms with van der Waals surface area (Å²) in [4.78, 5) is 13.0. The zero-order chi connectivity index (χ0) is 10.6. The number of nitrogens with zero attached hydrogens (tertiary/aromatic N) is 2. The molecule has 1 amide bonds. The number of nitriles is 1. The second kappa shape index (κ2) is 4.97. The van der Waals surface area contributed by atoms with Crippen molar-refractivity contribution in [3.8, 4) is 6.07 Å². The van der Waals surface area contributed by atoms with Gasteiger partial charge in [0.2, 0.25) is 5.91 Å². The Morgan fingerprint density at radius 2 is 2.21 bits per heavy atom. The third-order valence-electron chi connectivity index (χ3n) is 2.91. The van der Waals surface area contributed by atoms with Crippen LogP contribution in [0.1, 0.15) is 26.2 Å². The van der Waals surface area contributed by atoms with Gasteiger partial charge in [-0.15, -0.1) is 0 Å². The van der Waals surface area contributed by atoms with E-state index in [4.69, 9.17) is 11.0 Å². The standard InChI is InChI=1S/C10H17N3O/c1-2-9(7-11)13-5-3-8(4-6-13)10(12)14/h8-9H,2-6H2,1H3,(H2,12,14)/t9-/m1/s1. The van der Waals surface area contributed by atoms with Gasteiger partial charge in [-0.2, -0.15) is 5.26 Å². The molecule has 1 aliphatic heterocycles. The molecule has 0 unspecified atom stereocenters. The van der Waals surface area contributed by atoms with Crippen LogP contribution in [-0.2, 0) is 4.79 Å². The minimum Gasteiger partial charge on any atom is -0.369 e. The van der Waals surface area contributed by atoms with Crippen LogP contribution in [0.15, 0.2) is 0 Å². The lowest BCUT2D eigenvalue weighted by atomic mass is 9.95. The maximum Gasteiger partial charge on any atom is 0.220 e. The Morgan fingerprint density at radius 1 is 1.64 bits per heavy atom. The lowest BCUT2D eigenvalue weighted by Gasteiger charge is -2.33. The first-order chi connectivity index (χ1) is 6.69. The van der Waals surface area contributed by atoms with Crippen molar-refractivity contribution >= 4 is 5.91 Å². The third kappa shape index (κ3) is 2.46. The molecule has 78 valence electrons. The second-order valence-corrected chi connectivity index (χ2v) is 3.77. The fourth-order valence-electron chi connectivity index (χ4n) is 1.93. The molecular weight excluding hydrogens is 178 g/mol. The normalized spacial score (nSPS) is 21.4. The number of rotatable bonds is 3. The number of piperidine rings is 1. The average Bonchev–Trinajstić information content (AvgIpc) is 2.20. The Morgan fingerprint density at radius 3 is 2.57 bits per heavy atom. The fourth-order valence-corrected chi connectivity index (χ4v) is 1.93. The van der Waals surface area contributed by atoms with Gasteiger partial charge in [-0.3, -0.25) is 9.69 Å². The van der Waals surface area contributed by atoms with E-state index in [9.17, 15) is 4.79 Å². The molecular formula is C10H17N3O. The zero-order valence-electron chi connectivity index (χ0n) is 8.57. The van der Waals surface area contributed by atoms with E-state index >= 15 is 0 Å². The lowest BCUT2D eigenvalue weighted by Crippen LogP contribution is -2.43. The molecule has 2 N–H and O–H groups in total.